The molecule has 11 nitrogen and oxygen atoms in total. The number of hydrogen-bond donors (Lipinski definition) is 5. The first-order valence-corrected chi connectivity index (χ1v) is 12.1. The second-order valence-electron chi connectivity index (χ2n) is 8.21. The van der Waals surface area contributed by atoms with E-state index in [1.54, 1.807) is 13.8 Å². The van der Waals surface area contributed by atoms with Crippen LogP contribution in [0.4, 0.5) is 0 Å². The lowest BCUT2D eigenvalue weighted by molar-refractivity contribution is -0.145. The molecular formula is C20H35N5O6S. The maximum Gasteiger partial charge on any atom is 0.326 e. The van der Waals surface area contributed by atoms with Crippen molar-refractivity contribution in [3.63, 3.8) is 0 Å². The number of primary amides is 1. The number of thioether (sulfide) groups is 1. The van der Waals surface area contributed by atoms with Crippen LogP contribution < -0.4 is 22.1 Å². The monoisotopic (exact) mass is 473 g/mol. The van der Waals surface area contributed by atoms with Crippen LogP contribution in [0.15, 0.2) is 0 Å². The number of aliphatic carboxylic acids is 1. The number of hydrogen-bond acceptors (Lipinski definition) is 7. The van der Waals surface area contributed by atoms with Gasteiger partial charge in [0.15, 0.2) is 0 Å². The number of likely N-dealkylation sites (tertiary alicyclic amines) is 1. The zero-order valence-corrected chi connectivity index (χ0v) is 19.7. The van der Waals surface area contributed by atoms with Crippen LogP contribution in [0.3, 0.4) is 0 Å². The predicted octanol–water partition coefficient (Wildman–Crippen LogP) is -0.966. The molecule has 4 atom stereocenters. The number of carboxylic acids is 1. The standard InChI is InChI=1S/C20H35N5O6S/c1-11(2)16(20(30)31)24-18(28)14-5-4-9-25(14)19(29)13(6-7-15(22)26)23-17(27)12(21)8-10-32-3/h11-14,16H,4-10,21H2,1-3H3,(H2,22,26)(H,23,27)(H,24,28)(H,30,31). The molecule has 1 rings (SSSR count). The summed E-state index contributed by atoms with van der Waals surface area (Å²) in [7, 11) is 0. The van der Waals surface area contributed by atoms with Gasteiger partial charge in [-0.25, -0.2) is 4.79 Å². The highest BCUT2D eigenvalue weighted by molar-refractivity contribution is 7.98. The zero-order chi connectivity index (χ0) is 24.4. The summed E-state index contributed by atoms with van der Waals surface area (Å²) in [4.78, 5) is 62.5. The predicted molar refractivity (Wildman–Crippen MR) is 120 cm³/mol. The molecule has 0 radical (unpaired) electrons. The molecule has 0 aromatic heterocycles. The molecule has 7 N–H and O–H groups in total. The van der Waals surface area contributed by atoms with E-state index in [9.17, 15) is 29.1 Å². The maximum atomic E-state index is 13.2. The summed E-state index contributed by atoms with van der Waals surface area (Å²) >= 11 is 1.54. The third-order valence-corrected chi connectivity index (χ3v) is 5.98. The second-order valence-corrected chi connectivity index (χ2v) is 9.20. The highest BCUT2D eigenvalue weighted by Crippen LogP contribution is 2.20. The molecule has 0 bridgehead atoms. The van der Waals surface area contributed by atoms with Crippen LogP contribution in [0.1, 0.15) is 46.0 Å². The summed E-state index contributed by atoms with van der Waals surface area (Å²) < 4.78 is 0. The van der Waals surface area contributed by atoms with Crippen molar-refractivity contribution < 1.29 is 29.1 Å². The fourth-order valence-corrected chi connectivity index (χ4v) is 3.95. The summed E-state index contributed by atoms with van der Waals surface area (Å²) in [5, 5.41) is 14.4. The highest BCUT2D eigenvalue weighted by Gasteiger charge is 2.39. The van der Waals surface area contributed by atoms with Crippen molar-refractivity contribution in [1.29, 1.82) is 0 Å². The summed E-state index contributed by atoms with van der Waals surface area (Å²) in [6, 6.07) is -3.82. The van der Waals surface area contributed by atoms with Gasteiger partial charge in [0, 0.05) is 13.0 Å². The molecule has 1 fully saturated rings. The van der Waals surface area contributed by atoms with E-state index in [0.717, 1.165) is 0 Å². The molecular weight excluding hydrogens is 438 g/mol. The van der Waals surface area contributed by atoms with Crippen molar-refractivity contribution in [3.8, 4) is 0 Å². The van der Waals surface area contributed by atoms with Gasteiger partial charge in [-0.15, -0.1) is 0 Å². The molecule has 1 heterocycles. The van der Waals surface area contributed by atoms with Crippen molar-refractivity contribution in [2.75, 3.05) is 18.6 Å². The topological polar surface area (TPSA) is 185 Å². The van der Waals surface area contributed by atoms with E-state index in [2.05, 4.69) is 10.6 Å². The van der Waals surface area contributed by atoms with Crippen LogP contribution in [-0.2, 0) is 24.0 Å². The average molecular weight is 474 g/mol. The van der Waals surface area contributed by atoms with E-state index in [-0.39, 0.29) is 25.3 Å². The summed E-state index contributed by atoms with van der Waals surface area (Å²) in [6.07, 6.45) is 3.07. The van der Waals surface area contributed by atoms with Crippen molar-refractivity contribution >= 4 is 41.4 Å². The third kappa shape index (κ3) is 8.30. The van der Waals surface area contributed by atoms with Crippen molar-refractivity contribution in [3.05, 3.63) is 0 Å². The number of carboxylic acid groups (broad SMARTS) is 1. The Morgan fingerprint density at radius 2 is 1.81 bits per heavy atom. The molecule has 4 unspecified atom stereocenters. The first-order chi connectivity index (χ1) is 15.0. The highest BCUT2D eigenvalue weighted by atomic mass is 32.2. The summed E-state index contributed by atoms with van der Waals surface area (Å²) in [5.41, 5.74) is 11.1. The lowest BCUT2D eigenvalue weighted by Gasteiger charge is -2.30. The minimum atomic E-state index is -1.16. The normalized spacial score (nSPS) is 18.7. The Labute approximate surface area is 192 Å². The van der Waals surface area contributed by atoms with Gasteiger partial charge in [0.05, 0.1) is 6.04 Å². The van der Waals surface area contributed by atoms with E-state index < -0.39 is 53.8 Å². The Hall–Kier alpha value is -2.34. The third-order valence-electron chi connectivity index (χ3n) is 5.33. The van der Waals surface area contributed by atoms with Gasteiger partial charge in [0.1, 0.15) is 18.1 Å². The minimum Gasteiger partial charge on any atom is -0.480 e. The van der Waals surface area contributed by atoms with E-state index in [1.807, 2.05) is 6.26 Å². The van der Waals surface area contributed by atoms with Crippen LogP contribution in [0.25, 0.3) is 0 Å². The van der Waals surface area contributed by atoms with E-state index in [4.69, 9.17) is 11.5 Å². The number of amides is 4. The quantitative estimate of drug-likeness (QED) is 0.226. The van der Waals surface area contributed by atoms with Gasteiger partial charge in [-0.1, -0.05) is 13.8 Å². The molecule has 0 aliphatic carbocycles. The SMILES string of the molecule is CSCCC(N)C(=O)NC(CCC(N)=O)C(=O)N1CCCC1C(=O)NC(C(=O)O)C(C)C. The summed E-state index contributed by atoms with van der Waals surface area (Å²) in [6.45, 7) is 3.62. The maximum absolute atomic E-state index is 13.2. The second kappa shape index (κ2) is 13.3. The average Bonchev–Trinajstić information content (AvgIpc) is 3.21. The molecule has 1 aliphatic heterocycles. The van der Waals surface area contributed by atoms with E-state index >= 15 is 0 Å². The van der Waals surface area contributed by atoms with Crippen molar-refractivity contribution in [2.24, 2.45) is 17.4 Å². The lowest BCUT2D eigenvalue weighted by Crippen LogP contribution is -2.57. The van der Waals surface area contributed by atoms with Crippen molar-refractivity contribution in [1.82, 2.24) is 15.5 Å². The van der Waals surface area contributed by atoms with Crippen LogP contribution >= 0.6 is 11.8 Å². The zero-order valence-electron chi connectivity index (χ0n) is 18.8. The molecule has 1 saturated heterocycles. The number of nitrogens with two attached hydrogens (primary N) is 2. The van der Waals surface area contributed by atoms with Gasteiger partial charge >= 0.3 is 5.97 Å². The van der Waals surface area contributed by atoms with Gasteiger partial charge in [0.2, 0.25) is 23.6 Å². The molecule has 0 aromatic carbocycles. The van der Waals surface area contributed by atoms with Crippen LogP contribution in [0.2, 0.25) is 0 Å². The molecule has 12 heteroatoms. The molecule has 0 saturated carbocycles. The lowest BCUT2D eigenvalue weighted by atomic mass is 10.0. The van der Waals surface area contributed by atoms with Gasteiger partial charge in [0.25, 0.3) is 0 Å². The smallest absolute Gasteiger partial charge is 0.326 e. The van der Waals surface area contributed by atoms with Crippen LogP contribution in [0, 0.1) is 5.92 Å². The van der Waals surface area contributed by atoms with Gasteiger partial charge in [-0.2, -0.15) is 11.8 Å². The fourth-order valence-electron chi connectivity index (χ4n) is 3.46. The molecule has 4 amide bonds. The van der Waals surface area contributed by atoms with Gasteiger partial charge in [-0.05, 0) is 43.6 Å². The van der Waals surface area contributed by atoms with Gasteiger partial charge < -0.3 is 32.1 Å². The molecule has 0 aromatic rings. The Bertz CT molecular complexity index is 704. The fraction of sp³-hybridized carbons (Fsp3) is 0.750. The number of carbonyl (C=O) groups excluding carboxylic acids is 4. The molecule has 0 spiro atoms. The molecule has 1 aliphatic rings. The first-order valence-electron chi connectivity index (χ1n) is 10.7. The number of nitrogens with zero attached hydrogens (tertiary/aromatic N) is 1. The molecule has 32 heavy (non-hydrogen) atoms. The van der Waals surface area contributed by atoms with E-state index in [1.165, 1.54) is 16.7 Å². The Morgan fingerprint density at radius 1 is 1.16 bits per heavy atom. The Kier molecular flexibility index (Phi) is 11.5. The minimum absolute atomic E-state index is 0.0241. The molecule has 182 valence electrons. The van der Waals surface area contributed by atoms with Crippen molar-refractivity contribution in [2.45, 2.75) is 70.1 Å². The summed E-state index contributed by atoms with van der Waals surface area (Å²) in [5.74, 6) is -3.06. The van der Waals surface area contributed by atoms with Gasteiger partial charge in [-0.3, -0.25) is 19.2 Å². The Balaban J connectivity index is 2.95. The van der Waals surface area contributed by atoms with Crippen LogP contribution in [-0.4, -0.2) is 82.3 Å². The van der Waals surface area contributed by atoms with Crippen LogP contribution in [0.5, 0.6) is 0 Å². The largest absolute Gasteiger partial charge is 0.480 e. The number of carbonyl (C=O) groups is 5. The number of nitrogens with one attached hydrogen (secondary N) is 2. The number of rotatable bonds is 13. The Morgan fingerprint density at radius 3 is 2.34 bits per heavy atom. The first kappa shape index (κ1) is 27.7. The van der Waals surface area contributed by atoms with E-state index in [0.29, 0.717) is 25.0 Å².